The van der Waals surface area contributed by atoms with Gasteiger partial charge in [-0.1, -0.05) is 18.2 Å². The molecule has 1 atom stereocenters. The van der Waals surface area contributed by atoms with Crippen molar-refractivity contribution in [2.45, 2.75) is 32.8 Å². The largest absolute Gasteiger partial charge is 0.444 e. The Balaban J connectivity index is 2.57. The number of carbonyl (C=O) groups excluding carboxylic acids is 3. The molecule has 0 fully saturated rings. The average Bonchev–Trinajstić information content (AvgIpc) is 2.61. The highest BCUT2D eigenvalue weighted by Crippen LogP contribution is 2.44. The quantitative estimate of drug-likeness (QED) is 0.630. The summed E-state index contributed by atoms with van der Waals surface area (Å²) in [6.07, 6.45) is 0.0480. The van der Waals surface area contributed by atoms with Crippen molar-refractivity contribution in [3.8, 4) is 0 Å². The van der Waals surface area contributed by atoms with Crippen molar-refractivity contribution in [3.05, 3.63) is 29.8 Å². The summed E-state index contributed by atoms with van der Waals surface area (Å²) in [5, 5.41) is 0. The third-order valence-electron chi connectivity index (χ3n) is 3.52. The molecule has 116 valence electrons. The van der Waals surface area contributed by atoms with Gasteiger partial charge in [0.25, 0.3) is 5.91 Å². The lowest BCUT2D eigenvalue weighted by Crippen LogP contribution is -2.43. The molecular formula is C16H18N2O4. The number of amides is 2. The van der Waals surface area contributed by atoms with Crippen LogP contribution in [0, 0.1) is 0 Å². The number of hydrogen-bond donors (Lipinski definition) is 0. The first kappa shape index (κ1) is 15.9. The average molecular weight is 302 g/mol. The predicted octanol–water partition coefficient (Wildman–Crippen LogP) is 1.82. The molecule has 0 radical (unpaired) electrons. The molecule has 0 saturated carbocycles. The van der Waals surface area contributed by atoms with Crippen LogP contribution in [0.2, 0.25) is 0 Å². The van der Waals surface area contributed by atoms with Crippen molar-refractivity contribution in [2.24, 2.45) is 4.99 Å². The van der Waals surface area contributed by atoms with E-state index in [1.54, 1.807) is 32.2 Å². The molecule has 6 nitrogen and oxygen atoms in total. The molecule has 0 spiro atoms. The van der Waals surface area contributed by atoms with Gasteiger partial charge in [0.1, 0.15) is 0 Å². The Labute approximate surface area is 128 Å². The molecular weight excluding hydrogens is 284 g/mol. The maximum absolute atomic E-state index is 12.7. The van der Waals surface area contributed by atoms with Crippen LogP contribution in [0.25, 0.3) is 0 Å². The summed E-state index contributed by atoms with van der Waals surface area (Å²) >= 11 is 0. The predicted molar refractivity (Wildman–Crippen MR) is 81.7 cm³/mol. The van der Waals surface area contributed by atoms with Crippen LogP contribution in [0.4, 0.5) is 5.69 Å². The fourth-order valence-electron chi connectivity index (χ4n) is 2.82. The molecule has 1 aromatic rings. The fourth-order valence-corrected chi connectivity index (χ4v) is 2.82. The van der Waals surface area contributed by atoms with E-state index in [-0.39, 0.29) is 18.2 Å². The second-order valence-electron chi connectivity index (χ2n) is 5.34. The van der Waals surface area contributed by atoms with Gasteiger partial charge in [-0.15, -0.1) is 0 Å². The number of rotatable bonds is 3. The van der Waals surface area contributed by atoms with E-state index < -0.39 is 11.6 Å². The first-order valence-corrected chi connectivity index (χ1v) is 6.90. The zero-order valence-electron chi connectivity index (χ0n) is 13.0. The second kappa shape index (κ2) is 5.71. The van der Waals surface area contributed by atoms with Crippen LogP contribution in [0.5, 0.6) is 0 Å². The third-order valence-corrected chi connectivity index (χ3v) is 3.52. The van der Waals surface area contributed by atoms with Gasteiger partial charge in [-0.2, -0.15) is 0 Å². The topological polar surface area (TPSA) is 76.0 Å². The Hall–Kier alpha value is -2.50. The Bertz CT molecular complexity index is 680. The number of nitrogens with zero attached hydrogens (tertiary/aromatic N) is 2. The number of carbonyl (C=O) groups is 3. The van der Waals surface area contributed by atoms with Gasteiger partial charge in [-0.3, -0.25) is 14.4 Å². The molecule has 2 amide bonds. The minimum atomic E-state index is -1.46. The van der Waals surface area contributed by atoms with Crippen LogP contribution in [0.15, 0.2) is 29.3 Å². The zero-order valence-corrected chi connectivity index (χ0v) is 13.0. The highest BCUT2D eigenvalue weighted by molar-refractivity contribution is 6.10. The number of benzene rings is 1. The third kappa shape index (κ3) is 2.64. The number of hydrogen-bond acceptors (Lipinski definition) is 4. The van der Waals surface area contributed by atoms with Crippen LogP contribution in [-0.2, 0) is 24.7 Å². The number of esters is 1. The minimum Gasteiger partial charge on any atom is -0.444 e. The lowest BCUT2D eigenvalue weighted by atomic mass is 9.89. The number of aliphatic imine (C=N–C) groups is 1. The molecule has 1 unspecified atom stereocenters. The van der Waals surface area contributed by atoms with Crippen LogP contribution < -0.4 is 4.90 Å². The Morgan fingerprint density at radius 2 is 1.86 bits per heavy atom. The van der Waals surface area contributed by atoms with Crippen molar-refractivity contribution >= 4 is 29.2 Å². The van der Waals surface area contributed by atoms with Crippen molar-refractivity contribution in [1.29, 1.82) is 0 Å². The molecule has 0 aliphatic carbocycles. The summed E-state index contributed by atoms with van der Waals surface area (Å²) in [7, 11) is 1.63. The van der Waals surface area contributed by atoms with Crippen molar-refractivity contribution in [2.75, 3.05) is 11.9 Å². The summed E-state index contributed by atoms with van der Waals surface area (Å²) in [6, 6.07) is 7.13. The Morgan fingerprint density at radius 3 is 2.45 bits per heavy atom. The number of anilines is 1. The van der Waals surface area contributed by atoms with E-state index in [0.29, 0.717) is 17.0 Å². The number of para-hydroxylation sites is 1. The fraction of sp³-hybridized carbons (Fsp3) is 0.375. The van der Waals surface area contributed by atoms with E-state index in [0.717, 1.165) is 0 Å². The molecule has 1 aromatic carbocycles. The van der Waals surface area contributed by atoms with Gasteiger partial charge in [0, 0.05) is 38.6 Å². The molecule has 0 bridgehead atoms. The summed E-state index contributed by atoms with van der Waals surface area (Å²) in [4.78, 5) is 40.8. The summed E-state index contributed by atoms with van der Waals surface area (Å²) in [5.74, 6) is -1.27. The number of likely N-dealkylation sites (N-methyl/N-ethyl adjacent to an activating group) is 1. The Kier molecular flexibility index (Phi) is 4.12. The van der Waals surface area contributed by atoms with E-state index in [9.17, 15) is 14.4 Å². The van der Waals surface area contributed by atoms with Crippen LogP contribution in [0.1, 0.15) is 32.8 Å². The van der Waals surface area contributed by atoms with E-state index in [1.165, 1.54) is 18.7 Å². The van der Waals surface area contributed by atoms with E-state index in [2.05, 4.69) is 4.99 Å². The number of fused-ring (bicyclic) bond motifs is 1. The van der Waals surface area contributed by atoms with Gasteiger partial charge in [0.15, 0.2) is 0 Å². The zero-order chi connectivity index (χ0) is 16.5. The van der Waals surface area contributed by atoms with Gasteiger partial charge in [-0.05, 0) is 13.0 Å². The summed E-state index contributed by atoms with van der Waals surface area (Å²) in [6.45, 7) is 4.23. The standard InChI is InChI=1S/C16H18N2O4/c1-10(17-11(2)19)9-16(22-12(3)20)13-7-5-6-8-14(13)18(4)15(16)21/h5-8H,9H2,1-4H3. The summed E-state index contributed by atoms with van der Waals surface area (Å²) in [5.41, 5.74) is 0.271. The van der Waals surface area contributed by atoms with E-state index >= 15 is 0 Å². The SMILES string of the molecule is CC(=O)N=C(C)CC1(OC(C)=O)C(=O)N(C)c2ccccc21. The molecule has 6 heteroatoms. The molecule has 1 aliphatic rings. The van der Waals surface area contributed by atoms with Gasteiger partial charge in [-0.25, -0.2) is 4.99 Å². The Morgan fingerprint density at radius 1 is 1.23 bits per heavy atom. The lowest BCUT2D eigenvalue weighted by Gasteiger charge is -2.27. The van der Waals surface area contributed by atoms with Crippen LogP contribution in [0.3, 0.4) is 0 Å². The monoisotopic (exact) mass is 302 g/mol. The molecule has 22 heavy (non-hydrogen) atoms. The minimum absolute atomic E-state index is 0.0480. The van der Waals surface area contributed by atoms with Crippen LogP contribution >= 0.6 is 0 Å². The lowest BCUT2D eigenvalue weighted by molar-refractivity contribution is -0.164. The van der Waals surface area contributed by atoms with Crippen molar-refractivity contribution in [1.82, 2.24) is 0 Å². The highest BCUT2D eigenvalue weighted by atomic mass is 16.6. The van der Waals surface area contributed by atoms with Gasteiger partial charge in [0.2, 0.25) is 11.5 Å². The van der Waals surface area contributed by atoms with E-state index in [4.69, 9.17) is 4.74 Å². The molecule has 1 aliphatic heterocycles. The van der Waals surface area contributed by atoms with Gasteiger partial charge >= 0.3 is 5.97 Å². The first-order chi connectivity index (χ1) is 10.3. The molecule has 0 N–H and O–H groups in total. The maximum Gasteiger partial charge on any atom is 0.304 e. The van der Waals surface area contributed by atoms with E-state index in [1.807, 2.05) is 6.07 Å². The van der Waals surface area contributed by atoms with Crippen molar-refractivity contribution in [3.63, 3.8) is 0 Å². The first-order valence-electron chi connectivity index (χ1n) is 6.90. The summed E-state index contributed by atoms with van der Waals surface area (Å²) < 4.78 is 5.44. The smallest absolute Gasteiger partial charge is 0.304 e. The van der Waals surface area contributed by atoms with Crippen molar-refractivity contribution < 1.29 is 19.1 Å². The van der Waals surface area contributed by atoms with Gasteiger partial charge in [0.05, 0.1) is 5.69 Å². The normalized spacial score (nSPS) is 20.8. The molecule has 2 rings (SSSR count). The van der Waals surface area contributed by atoms with Crippen LogP contribution in [-0.4, -0.2) is 30.5 Å². The number of ether oxygens (including phenoxy) is 1. The highest BCUT2D eigenvalue weighted by Gasteiger charge is 2.53. The molecule has 0 saturated heterocycles. The maximum atomic E-state index is 12.7. The van der Waals surface area contributed by atoms with Gasteiger partial charge < -0.3 is 9.64 Å². The molecule has 1 heterocycles. The molecule has 0 aromatic heterocycles. The second-order valence-corrected chi connectivity index (χ2v) is 5.34.